The van der Waals surface area contributed by atoms with Crippen LogP contribution in [0.2, 0.25) is 0 Å². The second-order valence-corrected chi connectivity index (χ2v) is 7.13. The van der Waals surface area contributed by atoms with Crippen molar-refractivity contribution in [2.75, 3.05) is 12.4 Å². The number of ether oxygens (including phenoxy) is 1. The van der Waals surface area contributed by atoms with Crippen LogP contribution in [0.25, 0.3) is 11.5 Å². The Morgan fingerprint density at radius 1 is 1.30 bits per heavy atom. The Hall–Kier alpha value is -2.80. The second-order valence-electron chi connectivity index (χ2n) is 5.80. The monoisotopic (exact) mass is 386 g/mol. The fraction of sp³-hybridized carbons (Fsp3) is 0.200. The zero-order chi connectivity index (χ0) is 19.2. The van der Waals surface area contributed by atoms with Crippen LogP contribution in [-0.4, -0.2) is 23.3 Å². The van der Waals surface area contributed by atoms with Gasteiger partial charge in [-0.05, 0) is 37.3 Å². The standard InChI is InChI=1S/C20H19FN2O3S/c1-13(19(24)23-17-8-3-4-9-18(17)25-2)27-12-16-11-26-20(22-16)14-6-5-7-15(21)10-14/h3-11,13H,12H2,1-2H3,(H,23,24). The molecule has 2 aromatic carbocycles. The van der Waals surface area contributed by atoms with Crippen LogP contribution < -0.4 is 10.1 Å². The van der Waals surface area contributed by atoms with Gasteiger partial charge in [-0.15, -0.1) is 11.8 Å². The van der Waals surface area contributed by atoms with E-state index >= 15 is 0 Å². The van der Waals surface area contributed by atoms with Crippen molar-refractivity contribution in [3.05, 3.63) is 66.3 Å². The number of oxazole rings is 1. The lowest BCUT2D eigenvalue weighted by Gasteiger charge is -2.13. The van der Waals surface area contributed by atoms with Crippen LogP contribution in [0, 0.1) is 5.82 Å². The second kappa shape index (κ2) is 8.73. The first-order valence-electron chi connectivity index (χ1n) is 8.32. The summed E-state index contributed by atoms with van der Waals surface area (Å²) in [5, 5.41) is 2.56. The lowest BCUT2D eigenvalue weighted by atomic mass is 10.2. The highest BCUT2D eigenvalue weighted by Gasteiger charge is 2.16. The molecule has 0 bridgehead atoms. The van der Waals surface area contributed by atoms with Gasteiger partial charge < -0.3 is 14.5 Å². The molecule has 1 amide bonds. The van der Waals surface area contributed by atoms with E-state index in [1.807, 2.05) is 19.1 Å². The fourth-order valence-electron chi connectivity index (χ4n) is 2.40. The number of halogens is 1. The summed E-state index contributed by atoms with van der Waals surface area (Å²) < 4.78 is 24.0. The van der Waals surface area contributed by atoms with Crippen LogP contribution in [0.1, 0.15) is 12.6 Å². The molecule has 0 spiro atoms. The Morgan fingerprint density at radius 3 is 2.89 bits per heavy atom. The van der Waals surface area contributed by atoms with Crippen molar-refractivity contribution in [3.63, 3.8) is 0 Å². The summed E-state index contributed by atoms with van der Waals surface area (Å²) in [6.07, 6.45) is 1.53. The maximum atomic E-state index is 13.3. The summed E-state index contributed by atoms with van der Waals surface area (Å²) in [6.45, 7) is 1.82. The fourth-order valence-corrected chi connectivity index (χ4v) is 3.16. The molecule has 3 rings (SSSR count). The number of benzene rings is 2. The van der Waals surface area contributed by atoms with E-state index < -0.39 is 0 Å². The van der Waals surface area contributed by atoms with Gasteiger partial charge in [0.05, 0.1) is 23.7 Å². The van der Waals surface area contributed by atoms with Gasteiger partial charge in [0.1, 0.15) is 17.8 Å². The largest absolute Gasteiger partial charge is 0.495 e. The van der Waals surface area contributed by atoms with Crippen molar-refractivity contribution >= 4 is 23.4 Å². The molecule has 0 radical (unpaired) electrons. The van der Waals surface area contributed by atoms with Crippen molar-refractivity contribution in [3.8, 4) is 17.2 Å². The minimum atomic E-state index is -0.344. The molecule has 1 unspecified atom stereocenters. The number of nitrogens with zero attached hydrogens (tertiary/aromatic N) is 1. The van der Waals surface area contributed by atoms with Gasteiger partial charge in [-0.1, -0.05) is 18.2 Å². The quantitative estimate of drug-likeness (QED) is 0.635. The van der Waals surface area contributed by atoms with E-state index in [0.717, 1.165) is 0 Å². The number of anilines is 1. The summed E-state index contributed by atoms with van der Waals surface area (Å²) in [6, 6.07) is 13.3. The Labute approximate surface area is 160 Å². The van der Waals surface area contributed by atoms with Crippen molar-refractivity contribution in [2.45, 2.75) is 17.9 Å². The van der Waals surface area contributed by atoms with Crippen LogP contribution in [0.5, 0.6) is 5.75 Å². The molecular formula is C20H19FN2O3S. The topological polar surface area (TPSA) is 64.4 Å². The number of hydrogen-bond donors (Lipinski definition) is 1. The normalized spacial score (nSPS) is 11.8. The first kappa shape index (κ1) is 19.0. The number of methoxy groups -OCH3 is 1. The zero-order valence-corrected chi connectivity index (χ0v) is 15.8. The van der Waals surface area contributed by atoms with Gasteiger partial charge in [0.25, 0.3) is 0 Å². The third-order valence-electron chi connectivity index (χ3n) is 3.84. The first-order valence-corrected chi connectivity index (χ1v) is 9.37. The molecular weight excluding hydrogens is 367 g/mol. The van der Waals surface area contributed by atoms with E-state index in [4.69, 9.17) is 9.15 Å². The molecule has 0 aliphatic carbocycles. The molecule has 0 aliphatic rings. The summed E-state index contributed by atoms with van der Waals surface area (Å²) >= 11 is 1.43. The van der Waals surface area contributed by atoms with Crippen molar-refractivity contribution in [2.24, 2.45) is 0 Å². The average Bonchev–Trinajstić information content (AvgIpc) is 3.15. The Balaban J connectivity index is 1.57. The molecule has 1 heterocycles. The predicted octanol–water partition coefficient (Wildman–Crippen LogP) is 4.75. The highest BCUT2D eigenvalue weighted by Crippen LogP contribution is 2.26. The molecule has 140 valence electrons. The van der Waals surface area contributed by atoms with Crippen molar-refractivity contribution in [1.82, 2.24) is 4.98 Å². The van der Waals surface area contributed by atoms with Gasteiger partial charge in [0.15, 0.2) is 0 Å². The average molecular weight is 386 g/mol. The minimum absolute atomic E-state index is 0.127. The number of aromatic nitrogens is 1. The summed E-state index contributed by atoms with van der Waals surface area (Å²) in [5.74, 6) is 0.997. The molecule has 1 atom stereocenters. The van der Waals surface area contributed by atoms with E-state index in [0.29, 0.717) is 34.3 Å². The van der Waals surface area contributed by atoms with Crippen LogP contribution in [0.15, 0.2) is 59.2 Å². The van der Waals surface area contributed by atoms with Crippen molar-refractivity contribution in [1.29, 1.82) is 0 Å². The highest BCUT2D eigenvalue weighted by atomic mass is 32.2. The summed E-state index contributed by atoms with van der Waals surface area (Å²) in [5.41, 5.74) is 1.90. The summed E-state index contributed by atoms with van der Waals surface area (Å²) in [4.78, 5) is 16.8. The smallest absolute Gasteiger partial charge is 0.237 e. The van der Waals surface area contributed by atoms with E-state index in [1.54, 1.807) is 31.4 Å². The lowest BCUT2D eigenvalue weighted by molar-refractivity contribution is -0.115. The number of rotatable bonds is 7. The number of carbonyl (C=O) groups is 1. The zero-order valence-electron chi connectivity index (χ0n) is 14.9. The minimum Gasteiger partial charge on any atom is -0.495 e. The Morgan fingerprint density at radius 2 is 2.11 bits per heavy atom. The number of hydrogen-bond acceptors (Lipinski definition) is 5. The molecule has 7 heteroatoms. The van der Waals surface area contributed by atoms with Crippen LogP contribution in [0.4, 0.5) is 10.1 Å². The van der Waals surface area contributed by atoms with Crippen LogP contribution in [-0.2, 0) is 10.5 Å². The molecule has 1 aromatic heterocycles. The predicted molar refractivity (Wildman–Crippen MR) is 104 cm³/mol. The number of amides is 1. The molecule has 0 saturated heterocycles. The van der Waals surface area contributed by atoms with E-state index in [2.05, 4.69) is 10.3 Å². The lowest BCUT2D eigenvalue weighted by Crippen LogP contribution is -2.22. The maximum Gasteiger partial charge on any atom is 0.237 e. The van der Waals surface area contributed by atoms with E-state index in [1.165, 1.54) is 30.2 Å². The van der Waals surface area contributed by atoms with Gasteiger partial charge in [0, 0.05) is 11.3 Å². The molecule has 0 aliphatic heterocycles. The van der Waals surface area contributed by atoms with E-state index in [9.17, 15) is 9.18 Å². The molecule has 1 N–H and O–H groups in total. The van der Waals surface area contributed by atoms with E-state index in [-0.39, 0.29) is 17.0 Å². The molecule has 0 fully saturated rings. The third-order valence-corrected chi connectivity index (χ3v) is 5.02. The third kappa shape index (κ3) is 4.89. The van der Waals surface area contributed by atoms with Gasteiger partial charge in [0.2, 0.25) is 11.8 Å². The number of para-hydroxylation sites is 2. The Kier molecular flexibility index (Phi) is 6.13. The van der Waals surface area contributed by atoms with Gasteiger partial charge in [-0.3, -0.25) is 4.79 Å². The highest BCUT2D eigenvalue weighted by molar-refractivity contribution is 7.99. The maximum absolute atomic E-state index is 13.3. The molecule has 27 heavy (non-hydrogen) atoms. The Bertz CT molecular complexity index is 929. The molecule has 3 aromatic rings. The van der Waals surface area contributed by atoms with Crippen LogP contribution >= 0.6 is 11.8 Å². The van der Waals surface area contributed by atoms with Crippen LogP contribution in [0.3, 0.4) is 0 Å². The van der Waals surface area contributed by atoms with Crippen molar-refractivity contribution < 1.29 is 18.3 Å². The van der Waals surface area contributed by atoms with Gasteiger partial charge >= 0.3 is 0 Å². The van der Waals surface area contributed by atoms with Gasteiger partial charge in [-0.2, -0.15) is 0 Å². The number of carbonyl (C=O) groups excluding carboxylic acids is 1. The first-order chi connectivity index (χ1) is 13.1. The van der Waals surface area contributed by atoms with Gasteiger partial charge in [-0.25, -0.2) is 9.37 Å². The summed E-state index contributed by atoms with van der Waals surface area (Å²) in [7, 11) is 1.56. The number of thioether (sulfide) groups is 1. The SMILES string of the molecule is COc1ccccc1NC(=O)C(C)SCc1coc(-c2cccc(F)c2)n1. The molecule has 0 saturated carbocycles. The number of nitrogens with one attached hydrogen (secondary N) is 1. The molecule has 5 nitrogen and oxygen atoms in total.